The summed E-state index contributed by atoms with van der Waals surface area (Å²) < 4.78 is 0. The molecule has 1 aromatic carbocycles. The van der Waals surface area contributed by atoms with Crippen molar-refractivity contribution in [1.82, 2.24) is 0 Å². The van der Waals surface area contributed by atoms with Gasteiger partial charge in [-0.05, 0) is 24.1 Å². The first-order valence-electron chi connectivity index (χ1n) is 4.85. The van der Waals surface area contributed by atoms with Crippen LogP contribution in [0.4, 0.5) is 5.69 Å². The minimum absolute atomic E-state index is 0.286. The molecule has 15 heavy (non-hydrogen) atoms. The molecule has 1 N–H and O–H groups in total. The minimum Gasteiger partial charge on any atom is -0.478 e. The van der Waals surface area contributed by atoms with Crippen LogP contribution in [-0.2, 0) is 0 Å². The van der Waals surface area contributed by atoms with Gasteiger partial charge in [-0.25, -0.2) is 4.79 Å². The molecule has 2 rings (SSSR count). The van der Waals surface area contributed by atoms with E-state index in [9.17, 15) is 4.79 Å². The maximum Gasteiger partial charge on any atom is 0.335 e. The van der Waals surface area contributed by atoms with Crippen molar-refractivity contribution in [3.8, 4) is 0 Å². The standard InChI is InChI=1S/C11H12ClNO2/c1-7-5-13(6-7)10-4-8(11(14)15)2-3-9(10)12/h2-4,7H,5-6H2,1H3,(H,14,15). The van der Waals surface area contributed by atoms with Gasteiger partial charge in [0, 0.05) is 13.1 Å². The fraction of sp³-hybridized carbons (Fsp3) is 0.364. The molecule has 80 valence electrons. The van der Waals surface area contributed by atoms with Gasteiger partial charge in [-0.15, -0.1) is 0 Å². The highest BCUT2D eigenvalue weighted by molar-refractivity contribution is 6.33. The van der Waals surface area contributed by atoms with Crippen molar-refractivity contribution in [2.75, 3.05) is 18.0 Å². The van der Waals surface area contributed by atoms with E-state index in [1.54, 1.807) is 12.1 Å². The molecule has 0 aromatic heterocycles. The highest BCUT2D eigenvalue weighted by Gasteiger charge is 2.24. The van der Waals surface area contributed by atoms with Crippen LogP contribution < -0.4 is 4.90 Å². The second-order valence-electron chi connectivity index (χ2n) is 3.98. The summed E-state index contributed by atoms with van der Waals surface area (Å²) in [5.41, 5.74) is 1.11. The van der Waals surface area contributed by atoms with Gasteiger partial charge in [0.1, 0.15) is 0 Å². The summed E-state index contributed by atoms with van der Waals surface area (Å²) in [6.07, 6.45) is 0. The molecule has 0 aliphatic carbocycles. The molecule has 1 aliphatic rings. The summed E-state index contributed by atoms with van der Waals surface area (Å²) in [6, 6.07) is 4.80. The van der Waals surface area contributed by atoms with Crippen LogP contribution in [0.15, 0.2) is 18.2 Å². The monoisotopic (exact) mass is 225 g/mol. The van der Waals surface area contributed by atoms with E-state index in [1.165, 1.54) is 6.07 Å². The van der Waals surface area contributed by atoms with E-state index >= 15 is 0 Å². The maximum absolute atomic E-state index is 10.8. The van der Waals surface area contributed by atoms with E-state index in [0.717, 1.165) is 18.8 Å². The third-order valence-electron chi connectivity index (χ3n) is 2.60. The van der Waals surface area contributed by atoms with Crippen LogP contribution in [0.1, 0.15) is 17.3 Å². The zero-order valence-corrected chi connectivity index (χ0v) is 9.16. The largest absolute Gasteiger partial charge is 0.478 e. The smallest absolute Gasteiger partial charge is 0.335 e. The molecule has 0 atom stereocenters. The number of anilines is 1. The van der Waals surface area contributed by atoms with Crippen molar-refractivity contribution >= 4 is 23.3 Å². The Morgan fingerprint density at radius 2 is 2.20 bits per heavy atom. The Labute approximate surface area is 93.3 Å². The third kappa shape index (κ3) is 1.92. The zero-order chi connectivity index (χ0) is 11.0. The molecule has 1 aliphatic heterocycles. The van der Waals surface area contributed by atoms with Crippen LogP contribution in [0.25, 0.3) is 0 Å². The molecule has 3 nitrogen and oxygen atoms in total. The average molecular weight is 226 g/mol. The Balaban J connectivity index is 2.29. The lowest BCUT2D eigenvalue weighted by Crippen LogP contribution is -2.45. The number of benzene rings is 1. The molecule has 4 heteroatoms. The van der Waals surface area contributed by atoms with Gasteiger partial charge < -0.3 is 10.0 Å². The van der Waals surface area contributed by atoms with Crippen molar-refractivity contribution in [2.24, 2.45) is 5.92 Å². The molecule has 0 saturated carbocycles. The van der Waals surface area contributed by atoms with Crippen LogP contribution in [0, 0.1) is 5.92 Å². The molecule has 1 aromatic rings. The number of carbonyl (C=O) groups is 1. The zero-order valence-electron chi connectivity index (χ0n) is 8.40. The topological polar surface area (TPSA) is 40.5 Å². The number of halogens is 1. The Morgan fingerprint density at radius 1 is 1.53 bits per heavy atom. The molecule has 1 saturated heterocycles. The van der Waals surface area contributed by atoms with Crippen LogP contribution >= 0.6 is 11.6 Å². The predicted molar refractivity (Wildman–Crippen MR) is 59.8 cm³/mol. The summed E-state index contributed by atoms with van der Waals surface area (Å²) in [6.45, 7) is 4.05. The quantitative estimate of drug-likeness (QED) is 0.841. The van der Waals surface area contributed by atoms with Crippen molar-refractivity contribution < 1.29 is 9.90 Å². The molecule has 0 bridgehead atoms. The van der Waals surface area contributed by atoms with Gasteiger partial charge in [-0.2, -0.15) is 0 Å². The normalized spacial score (nSPS) is 16.3. The SMILES string of the molecule is CC1CN(c2cc(C(=O)O)ccc2Cl)C1. The van der Waals surface area contributed by atoms with Crippen LogP contribution in [0.3, 0.4) is 0 Å². The lowest BCUT2D eigenvalue weighted by molar-refractivity contribution is 0.0697. The molecule has 0 radical (unpaired) electrons. The van der Waals surface area contributed by atoms with Crippen molar-refractivity contribution in [3.05, 3.63) is 28.8 Å². The molecule has 1 heterocycles. The lowest BCUT2D eigenvalue weighted by Gasteiger charge is -2.39. The molecule has 1 fully saturated rings. The summed E-state index contributed by atoms with van der Waals surface area (Å²) in [5.74, 6) is -0.254. The number of carboxylic acid groups (broad SMARTS) is 1. The maximum atomic E-state index is 10.8. The van der Waals surface area contributed by atoms with Crippen molar-refractivity contribution in [2.45, 2.75) is 6.92 Å². The second-order valence-corrected chi connectivity index (χ2v) is 4.39. The Bertz CT molecular complexity index is 400. The highest BCUT2D eigenvalue weighted by atomic mass is 35.5. The van der Waals surface area contributed by atoms with Gasteiger partial charge in [0.2, 0.25) is 0 Å². The van der Waals surface area contributed by atoms with E-state index in [-0.39, 0.29) is 5.56 Å². The Kier molecular flexibility index (Phi) is 2.57. The fourth-order valence-electron chi connectivity index (χ4n) is 1.78. The van der Waals surface area contributed by atoms with Gasteiger partial charge in [-0.3, -0.25) is 0 Å². The second kappa shape index (κ2) is 3.74. The molecular formula is C11H12ClNO2. The van der Waals surface area contributed by atoms with E-state index < -0.39 is 5.97 Å². The van der Waals surface area contributed by atoms with Gasteiger partial charge in [0.25, 0.3) is 0 Å². The van der Waals surface area contributed by atoms with E-state index in [2.05, 4.69) is 11.8 Å². The minimum atomic E-state index is -0.915. The Hall–Kier alpha value is -1.22. The van der Waals surface area contributed by atoms with Crippen LogP contribution in [0.5, 0.6) is 0 Å². The summed E-state index contributed by atoms with van der Waals surface area (Å²) in [5, 5.41) is 9.48. The highest BCUT2D eigenvalue weighted by Crippen LogP contribution is 2.31. The van der Waals surface area contributed by atoms with Crippen LogP contribution in [0.2, 0.25) is 5.02 Å². The van der Waals surface area contributed by atoms with E-state index in [1.807, 2.05) is 0 Å². The number of hydrogen-bond acceptors (Lipinski definition) is 2. The van der Waals surface area contributed by atoms with Crippen molar-refractivity contribution in [3.63, 3.8) is 0 Å². The summed E-state index contributed by atoms with van der Waals surface area (Å²) >= 11 is 6.02. The predicted octanol–water partition coefficient (Wildman–Crippen LogP) is 2.49. The molecule has 0 unspecified atom stereocenters. The van der Waals surface area contributed by atoms with Gasteiger partial charge >= 0.3 is 5.97 Å². The third-order valence-corrected chi connectivity index (χ3v) is 2.92. The van der Waals surface area contributed by atoms with E-state index in [0.29, 0.717) is 10.9 Å². The van der Waals surface area contributed by atoms with Crippen LogP contribution in [-0.4, -0.2) is 24.2 Å². The number of rotatable bonds is 2. The number of hydrogen-bond donors (Lipinski definition) is 1. The van der Waals surface area contributed by atoms with E-state index in [4.69, 9.17) is 16.7 Å². The summed E-state index contributed by atoms with van der Waals surface area (Å²) in [4.78, 5) is 12.9. The summed E-state index contributed by atoms with van der Waals surface area (Å²) in [7, 11) is 0. The number of nitrogens with zero attached hydrogens (tertiary/aromatic N) is 1. The molecular weight excluding hydrogens is 214 g/mol. The van der Waals surface area contributed by atoms with Crippen molar-refractivity contribution in [1.29, 1.82) is 0 Å². The van der Waals surface area contributed by atoms with Gasteiger partial charge in [0.05, 0.1) is 16.3 Å². The lowest BCUT2D eigenvalue weighted by atomic mass is 10.0. The molecule has 0 amide bonds. The molecule has 0 spiro atoms. The number of aromatic carboxylic acids is 1. The first-order valence-corrected chi connectivity index (χ1v) is 5.23. The Morgan fingerprint density at radius 3 is 2.73 bits per heavy atom. The fourth-order valence-corrected chi connectivity index (χ4v) is 2.02. The first kappa shape index (κ1) is 10.3. The number of carboxylic acids is 1. The first-order chi connectivity index (χ1) is 7.08. The van der Waals surface area contributed by atoms with Gasteiger partial charge in [-0.1, -0.05) is 18.5 Å². The van der Waals surface area contributed by atoms with Gasteiger partial charge in [0.15, 0.2) is 0 Å². The average Bonchev–Trinajstić information content (AvgIpc) is 2.14.